The van der Waals surface area contributed by atoms with Gasteiger partial charge in [0, 0.05) is 6.61 Å². The van der Waals surface area contributed by atoms with Crippen LogP contribution in [0.1, 0.15) is 122 Å². The quantitative estimate of drug-likeness (QED) is 0.0423. The number of hydrogen-bond acceptors (Lipinski definition) is 11. The van der Waals surface area contributed by atoms with Gasteiger partial charge < -0.3 is 35.1 Å². The molecule has 0 spiro atoms. The summed E-state index contributed by atoms with van der Waals surface area (Å²) in [6.07, 6.45) is 17.4. The topological polar surface area (TPSA) is 180 Å². The van der Waals surface area contributed by atoms with Crippen molar-refractivity contribution in [2.24, 2.45) is 0 Å². The van der Waals surface area contributed by atoms with Crippen molar-refractivity contribution >= 4 is 19.2 Å². The first kappa shape index (κ1) is 43.1. The summed E-state index contributed by atoms with van der Waals surface area (Å²) in [5.41, 5.74) is 5.43. The number of rotatable bonds is 28. The Kier molecular flexibility index (Phi) is 18.5. The summed E-state index contributed by atoms with van der Waals surface area (Å²) < 4.78 is 42.9. The third-order valence-corrected chi connectivity index (χ3v) is 10.9. The minimum atomic E-state index is -4.63. The summed E-state index contributed by atoms with van der Waals surface area (Å²) in [6, 6.07) is 12.4. The molecule has 5 N–H and O–H groups in total. The standard InChI is InChI=1S/C39H63N4O9P/c1-3-4-5-6-7-8-9-10-11-12-13-14-15-16-17-21-26-48-27-32(51-31-22-19-18-20-23-31)28-49-53(46,47)50-29-34-36(44)37(45)39(2,52-34)35-25-24-33-38(40)41-30-42-43(33)35/h18-20,22-25,30,32,34,36-37,44-45H,3-17,21,26-29H2,1-2H3,(H,46,47)(H2,40,41,42)/t32-,34-,36-,37-,39+/m1/s1. The number of hydrogen-bond donors (Lipinski definition) is 4. The van der Waals surface area contributed by atoms with E-state index < -0.39 is 44.4 Å². The van der Waals surface area contributed by atoms with E-state index in [9.17, 15) is 19.7 Å². The van der Waals surface area contributed by atoms with Gasteiger partial charge in [-0.25, -0.2) is 14.1 Å². The van der Waals surface area contributed by atoms with Gasteiger partial charge in [-0.2, -0.15) is 5.10 Å². The Morgan fingerprint density at radius 2 is 1.47 bits per heavy atom. The van der Waals surface area contributed by atoms with Crippen LogP contribution in [0.15, 0.2) is 48.8 Å². The van der Waals surface area contributed by atoms with Crippen molar-refractivity contribution in [1.29, 1.82) is 0 Å². The molecule has 298 valence electrons. The molecule has 0 saturated carbocycles. The van der Waals surface area contributed by atoms with E-state index in [0.717, 1.165) is 12.8 Å². The van der Waals surface area contributed by atoms with Gasteiger partial charge in [-0.3, -0.25) is 9.05 Å². The van der Waals surface area contributed by atoms with Crippen LogP contribution in [0.25, 0.3) is 5.52 Å². The molecule has 1 aliphatic rings. The van der Waals surface area contributed by atoms with Gasteiger partial charge in [0.2, 0.25) is 0 Å². The maximum Gasteiger partial charge on any atom is 0.472 e. The number of phosphoric acid groups is 1. The fraction of sp³-hybridized carbons (Fsp3) is 0.692. The predicted molar refractivity (Wildman–Crippen MR) is 205 cm³/mol. The molecule has 4 rings (SSSR count). The van der Waals surface area contributed by atoms with Crippen LogP contribution in [0.4, 0.5) is 5.82 Å². The summed E-state index contributed by atoms with van der Waals surface area (Å²) in [5.74, 6) is 0.808. The highest BCUT2D eigenvalue weighted by Gasteiger charge is 2.54. The molecule has 3 aromatic rings. The number of aromatic nitrogens is 3. The number of anilines is 1. The molecule has 0 amide bonds. The highest BCUT2D eigenvalue weighted by atomic mass is 31.2. The van der Waals surface area contributed by atoms with Crippen molar-refractivity contribution in [2.45, 2.75) is 147 Å². The largest absolute Gasteiger partial charge is 0.486 e. The lowest BCUT2D eigenvalue weighted by Crippen LogP contribution is -2.39. The summed E-state index contributed by atoms with van der Waals surface area (Å²) in [5, 5.41) is 26.0. The summed E-state index contributed by atoms with van der Waals surface area (Å²) >= 11 is 0. The highest BCUT2D eigenvalue weighted by molar-refractivity contribution is 7.47. The van der Waals surface area contributed by atoms with E-state index in [1.165, 1.54) is 101 Å². The molecular weight excluding hydrogens is 699 g/mol. The second-order valence-corrected chi connectivity index (χ2v) is 15.8. The van der Waals surface area contributed by atoms with E-state index in [1.54, 1.807) is 31.2 Å². The molecule has 14 heteroatoms. The third kappa shape index (κ3) is 13.9. The molecule has 1 unspecified atom stereocenters. The van der Waals surface area contributed by atoms with Gasteiger partial charge in [0.15, 0.2) is 5.82 Å². The van der Waals surface area contributed by atoms with Gasteiger partial charge in [0.05, 0.1) is 25.5 Å². The zero-order valence-electron chi connectivity index (χ0n) is 31.7. The number of nitrogens with zero attached hydrogens (tertiary/aromatic N) is 3. The average molecular weight is 763 g/mol. The lowest BCUT2D eigenvalue weighted by Gasteiger charge is -2.27. The molecule has 6 atom stereocenters. The molecule has 0 aliphatic carbocycles. The van der Waals surface area contributed by atoms with E-state index in [-0.39, 0.29) is 19.0 Å². The minimum absolute atomic E-state index is 0.155. The maximum atomic E-state index is 12.9. The predicted octanol–water partition coefficient (Wildman–Crippen LogP) is 7.51. The van der Waals surface area contributed by atoms with Crippen molar-refractivity contribution in [3.8, 4) is 5.75 Å². The van der Waals surface area contributed by atoms with Crippen LogP contribution in [0.5, 0.6) is 5.75 Å². The number of benzene rings is 1. The molecule has 1 aromatic carbocycles. The number of nitrogens with two attached hydrogens (primary N) is 1. The average Bonchev–Trinajstić information content (AvgIpc) is 3.69. The lowest BCUT2D eigenvalue weighted by molar-refractivity contribution is -0.0892. The van der Waals surface area contributed by atoms with Crippen LogP contribution >= 0.6 is 7.82 Å². The third-order valence-electron chi connectivity index (χ3n) is 9.97. The van der Waals surface area contributed by atoms with Gasteiger partial charge >= 0.3 is 7.82 Å². The van der Waals surface area contributed by atoms with E-state index in [4.69, 9.17) is 29.0 Å². The number of nitrogen functional groups attached to an aromatic ring is 1. The smallest absolute Gasteiger partial charge is 0.472 e. The van der Waals surface area contributed by atoms with Crippen LogP contribution in [0, 0.1) is 0 Å². The zero-order chi connectivity index (χ0) is 37.9. The van der Waals surface area contributed by atoms with Crippen molar-refractivity contribution in [3.63, 3.8) is 0 Å². The number of aliphatic hydroxyl groups excluding tert-OH is 2. The number of unbranched alkanes of at least 4 members (excludes halogenated alkanes) is 15. The lowest BCUT2D eigenvalue weighted by atomic mass is 9.93. The molecule has 3 heterocycles. The fourth-order valence-corrected chi connectivity index (χ4v) is 7.58. The van der Waals surface area contributed by atoms with Crippen LogP contribution < -0.4 is 10.5 Å². The maximum absolute atomic E-state index is 12.9. The van der Waals surface area contributed by atoms with E-state index in [1.807, 2.05) is 18.2 Å². The van der Waals surface area contributed by atoms with Gasteiger partial charge in [-0.15, -0.1) is 0 Å². The molecule has 2 aromatic heterocycles. The number of aliphatic hydroxyl groups is 2. The van der Waals surface area contributed by atoms with E-state index >= 15 is 0 Å². The molecule has 13 nitrogen and oxygen atoms in total. The van der Waals surface area contributed by atoms with Crippen molar-refractivity contribution < 1.29 is 42.9 Å². The van der Waals surface area contributed by atoms with Crippen molar-refractivity contribution in [1.82, 2.24) is 14.6 Å². The number of phosphoric ester groups is 1. The Balaban J connectivity index is 1.13. The van der Waals surface area contributed by atoms with Crippen molar-refractivity contribution in [3.05, 3.63) is 54.5 Å². The molecule has 53 heavy (non-hydrogen) atoms. The van der Waals surface area contributed by atoms with E-state index in [2.05, 4.69) is 17.0 Å². The Morgan fingerprint density at radius 3 is 2.09 bits per heavy atom. The molecule has 1 aliphatic heterocycles. The molecular formula is C39H63N4O9P. The molecule has 0 radical (unpaired) electrons. The van der Waals surface area contributed by atoms with Gasteiger partial charge in [0.25, 0.3) is 0 Å². The second kappa shape index (κ2) is 22.7. The number of fused-ring (bicyclic) bond motifs is 1. The van der Waals surface area contributed by atoms with Gasteiger partial charge in [-0.1, -0.05) is 121 Å². The second-order valence-electron chi connectivity index (χ2n) is 14.4. The summed E-state index contributed by atoms with van der Waals surface area (Å²) in [6.45, 7) is 3.74. The van der Waals surface area contributed by atoms with Crippen molar-refractivity contribution in [2.75, 3.05) is 32.2 Å². The molecule has 1 fully saturated rings. The monoisotopic (exact) mass is 762 g/mol. The summed E-state index contributed by atoms with van der Waals surface area (Å²) in [7, 11) is -4.63. The zero-order valence-corrected chi connectivity index (χ0v) is 32.6. The van der Waals surface area contributed by atoms with Crippen LogP contribution in [-0.4, -0.2) is 80.5 Å². The number of ether oxygens (including phenoxy) is 3. The van der Waals surface area contributed by atoms with Crippen LogP contribution in [-0.2, 0) is 28.7 Å². The summed E-state index contributed by atoms with van der Waals surface area (Å²) in [4.78, 5) is 14.5. The van der Waals surface area contributed by atoms with Gasteiger partial charge in [0.1, 0.15) is 47.6 Å². The highest BCUT2D eigenvalue weighted by Crippen LogP contribution is 2.46. The van der Waals surface area contributed by atoms with Crippen LogP contribution in [0.3, 0.4) is 0 Å². The Morgan fingerprint density at radius 1 is 0.868 bits per heavy atom. The first-order valence-electron chi connectivity index (χ1n) is 19.7. The Hall–Kier alpha value is -2.61. The van der Waals surface area contributed by atoms with Gasteiger partial charge in [-0.05, 0) is 37.6 Å². The molecule has 0 bridgehead atoms. The Bertz CT molecular complexity index is 1500. The fourth-order valence-electron chi connectivity index (χ4n) is 6.81. The Labute approximate surface area is 315 Å². The SMILES string of the molecule is CCCCCCCCCCCCCCCCCCOC[C@H](COP(=O)(O)OC[C@H]1O[C@@](C)(c2ccc3c(N)ncnn23)[C@H](O)[C@@H]1O)Oc1ccccc1. The van der Waals surface area contributed by atoms with E-state index in [0.29, 0.717) is 23.6 Å². The molecule has 1 saturated heterocycles. The first-order valence-corrected chi connectivity index (χ1v) is 21.2. The minimum Gasteiger partial charge on any atom is -0.486 e. The number of para-hydroxylation sites is 1. The van der Waals surface area contributed by atoms with Crippen LogP contribution in [0.2, 0.25) is 0 Å². The normalized spacial score (nSPS) is 21.9. The first-order chi connectivity index (χ1) is 25.6.